The SMILES string of the molecule is COC(=O)[C@H](CCCC(=O)c1ccccc1)NC(=O)[C@@H](C)CC(C)C. The van der Waals surface area contributed by atoms with Gasteiger partial charge in [0.05, 0.1) is 7.11 Å². The fraction of sp³-hybridized carbons (Fsp3) is 0.550. The topological polar surface area (TPSA) is 72.5 Å². The van der Waals surface area contributed by atoms with Crippen molar-refractivity contribution in [3.05, 3.63) is 35.9 Å². The van der Waals surface area contributed by atoms with Gasteiger partial charge in [-0.05, 0) is 25.2 Å². The molecule has 5 nitrogen and oxygen atoms in total. The molecule has 0 aliphatic rings. The Labute approximate surface area is 150 Å². The van der Waals surface area contributed by atoms with Gasteiger partial charge in [-0.2, -0.15) is 0 Å². The zero-order valence-corrected chi connectivity index (χ0v) is 15.6. The van der Waals surface area contributed by atoms with E-state index in [1.807, 2.05) is 25.1 Å². The van der Waals surface area contributed by atoms with Gasteiger partial charge in [0, 0.05) is 17.9 Å². The predicted octanol–water partition coefficient (Wildman–Crippen LogP) is 3.38. The number of nitrogens with one attached hydrogen (secondary N) is 1. The third-order valence-electron chi connectivity index (χ3n) is 4.07. The fourth-order valence-electron chi connectivity index (χ4n) is 2.75. The Balaban J connectivity index is 2.54. The van der Waals surface area contributed by atoms with Crippen LogP contribution in [-0.2, 0) is 14.3 Å². The highest BCUT2D eigenvalue weighted by Crippen LogP contribution is 2.13. The zero-order chi connectivity index (χ0) is 18.8. The first-order chi connectivity index (χ1) is 11.8. The second kappa shape index (κ2) is 10.6. The minimum atomic E-state index is -0.712. The van der Waals surface area contributed by atoms with Crippen LogP contribution in [0.1, 0.15) is 56.8 Å². The molecule has 0 radical (unpaired) electrons. The van der Waals surface area contributed by atoms with E-state index in [0.717, 1.165) is 6.42 Å². The van der Waals surface area contributed by atoms with Crippen molar-refractivity contribution < 1.29 is 19.1 Å². The van der Waals surface area contributed by atoms with Crippen LogP contribution in [0.15, 0.2) is 30.3 Å². The molecule has 0 bridgehead atoms. The van der Waals surface area contributed by atoms with Crippen molar-refractivity contribution in [2.24, 2.45) is 11.8 Å². The van der Waals surface area contributed by atoms with Crippen LogP contribution < -0.4 is 5.32 Å². The first kappa shape index (κ1) is 20.9. The van der Waals surface area contributed by atoms with Crippen LogP contribution in [0.25, 0.3) is 0 Å². The lowest BCUT2D eigenvalue weighted by Gasteiger charge is -2.20. The van der Waals surface area contributed by atoms with Crippen molar-refractivity contribution in [3.8, 4) is 0 Å². The normalized spacial score (nSPS) is 13.2. The number of ketones is 1. The van der Waals surface area contributed by atoms with Gasteiger partial charge in [-0.1, -0.05) is 51.1 Å². The summed E-state index contributed by atoms with van der Waals surface area (Å²) in [6.45, 7) is 5.95. The van der Waals surface area contributed by atoms with E-state index in [2.05, 4.69) is 19.2 Å². The molecule has 1 rings (SSSR count). The summed E-state index contributed by atoms with van der Waals surface area (Å²) in [6.07, 6.45) is 1.97. The maximum atomic E-state index is 12.2. The number of methoxy groups -OCH3 is 1. The van der Waals surface area contributed by atoms with E-state index in [-0.39, 0.29) is 17.6 Å². The number of carbonyl (C=O) groups is 3. The van der Waals surface area contributed by atoms with Crippen LogP contribution >= 0.6 is 0 Å². The second-order valence-electron chi connectivity index (χ2n) is 6.80. The van der Waals surface area contributed by atoms with Crippen LogP contribution in [0.4, 0.5) is 0 Å². The monoisotopic (exact) mass is 347 g/mol. The van der Waals surface area contributed by atoms with Crippen molar-refractivity contribution >= 4 is 17.7 Å². The van der Waals surface area contributed by atoms with Gasteiger partial charge in [-0.25, -0.2) is 4.79 Å². The lowest BCUT2D eigenvalue weighted by molar-refractivity contribution is -0.145. The molecule has 1 aromatic carbocycles. The molecule has 0 saturated heterocycles. The van der Waals surface area contributed by atoms with Gasteiger partial charge >= 0.3 is 5.97 Å². The average molecular weight is 347 g/mol. The smallest absolute Gasteiger partial charge is 0.328 e. The molecule has 0 aliphatic carbocycles. The predicted molar refractivity (Wildman–Crippen MR) is 97.2 cm³/mol. The van der Waals surface area contributed by atoms with E-state index in [0.29, 0.717) is 30.7 Å². The van der Waals surface area contributed by atoms with E-state index >= 15 is 0 Å². The van der Waals surface area contributed by atoms with Crippen LogP contribution in [0.5, 0.6) is 0 Å². The Morgan fingerprint density at radius 1 is 1.08 bits per heavy atom. The number of hydrogen-bond acceptors (Lipinski definition) is 4. The lowest BCUT2D eigenvalue weighted by atomic mass is 9.97. The third kappa shape index (κ3) is 7.50. The molecule has 0 saturated carbocycles. The maximum Gasteiger partial charge on any atom is 0.328 e. The molecule has 1 aromatic rings. The van der Waals surface area contributed by atoms with E-state index in [1.165, 1.54) is 7.11 Å². The molecule has 1 N–H and O–H groups in total. The molecule has 5 heteroatoms. The van der Waals surface area contributed by atoms with Gasteiger partial charge in [0.1, 0.15) is 6.04 Å². The highest BCUT2D eigenvalue weighted by atomic mass is 16.5. The van der Waals surface area contributed by atoms with Crippen LogP contribution in [0, 0.1) is 11.8 Å². The molecular formula is C20H29NO4. The average Bonchev–Trinajstić information content (AvgIpc) is 2.60. The van der Waals surface area contributed by atoms with Crippen LogP contribution in [0.2, 0.25) is 0 Å². The van der Waals surface area contributed by atoms with Crippen molar-refractivity contribution in [1.82, 2.24) is 5.32 Å². The number of ether oxygens (including phenoxy) is 1. The number of rotatable bonds is 10. The quantitative estimate of drug-likeness (QED) is 0.520. The number of benzene rings is 1. The number of hydrogen-bond donors (Lipinski definition) is 1. The zero-order valence-electron chi connectivity index (χ0n) is 15.6. The summed E-state index contributed by atoms with van der Waals surface area (Å²) < 4.78 is 4.78. The molecule has 25 heavy (non-hydrogen) atoms. The van der Waals surface area contributed by atoms with Crippen molar-refractivity contribution in [3.63, 3.8) is 0 Å². The first-order valence-electron chi connectivity index (χ1n) is 8.81. The van der Waals surface area contributed by atoms with E-state index in [9.17, 15) is 14.4 Å². The molecule has 0 aliphatic heterocycles. The Bertz CT molecular complexity index is 568. The summed E-state index contributed by atoms with van der Waals surface area (Å²) in [6, 6.07) is 8.33. The van der Waals surface area contributed by atoms with Crippen LogP contribution in [-0.4, -0.2) is 30.8 Å². The summed E-state index contributed by atoms with van der Waals surface area (Å²) in [4.78, 5) is 36.3. The molecule has 0 aromatic heterocycles. The molecule has 0 fully saturated rings. The fourth-order valence-corrected chi connectivity index (χ4v) is 2.75. The lowest BCUT2D eigenvalue weighted by Crippen LogP contribution is -2.44. The number of esters is 1. The highest BCUT2D eigenvalue weighted by Gasteiger charge is 2.24. The van der Waals surface area contributed by atoms with Gasteiger partial charge in [-0.3, -0.25) is 9.59 Å². The molecule has 0 unspecified atom stereocenters. The minimum absolute atomic E-state index is 0.0312. The Morgan fingerprint density at radius 3 is 2.28 bits per heavy atom. The first-order valence-corrected chi connectivity index (χ1v) is 8.81. The molecular weight excluding hydrogens is 318 g/mol. The van der Waals surface area contributed by atoms with Gasteiger partial charge in [-0.15, -0.1) is 0 Å². The molecule has 2 atom stereocenters. The van der Waals surface area contributed by atoms with Crippen LogP contribution in [0.3, 0.4) is 0 Å². The van der Waals surface area contributed by atoms with E-state index in [4.69, 9.17) is 4.74 Å². The molecule has 138 valence electrons. The van der Waals surface area contributed by atoms with Gasteiger partial charge in [0.2, 0.25) is 5.91 Å². The summed E-state index contributed by atoms with van der Waals surface area (Å²) in [5.41, 5.74) is 0.659. The summed E-state index contributed by atoms with van der Waals surface area (Å²) in [7, 11) is 1.30. The Hall–Kier alpha value is -2.17. The number of amides is 1. The summed E-state index contributed by atoms with van der Waals surface area (Å²) in [5, 5.41) is 2.76. The van der Waals surface area contributed by atoms with Crippen molar-refractivity contribution in [1.29, 1.82) is 0 Å². The van der Waals surface area contributed by atoms with E-state index in [1.54, 1.807) is 12.1 Å². The van der Waals surface area contributed by atoms with Crippen molar-refractivity contribution in [2.45, 2.75) is 52.5 Å². The summed E-state index contributed by atoms with van der Waals surface area (Å²) >= 11 is 0. The minimum Gasteiger partial charge on any atom is -0.467 e. The van der Waals surface area contributed by atoms with Gasteiger partial charge < -0.3 is 10.1 Å². The second-order valence-corrected chi connectivity index (χ2v) is 6.80. The summed E-state index contributed by atoms with van der Waals surface area (Å²) in [5.74, 6) is -0.363. The molecule has 0 heterocycles. The maximum absolute atomic E-state index is 12.2. The molecule has 0 spiro atoms. The van der Waals surface area contributed by atoms with E-state index < -0.39 is 12.0 Å². The van der Waals surface area contributed by atoms with Gasteiger partial charge in [0.25, 0.3) is 0 Å². The highest BCUT2D eigenvalue weighted by molar-refractivity contribution is 5.96. The number of carbonyl (C=O) groups excluding carboxylic acids is 3. The largest absolute Gasteiger partial charge is 0.467 e. The Kier molecular flexibility index (Phi) is 8.89. The standard InChI is InChI=1S/C20H29NO4/c1-14(2)13-15(3)19(23)21-17(20(24)25-4)11-8-12-18(22)16-9-6-5-7-10-16/h5-7,9-10,14-15,17H,8,11-13H2,1-4H3,(H,21,23)/t15-,17-/m0/s1. The van der Waals surface area contributed by atoms with Gasteiger partial charge in [0.15, 0.2) is 5.78 Å². The number of Topliss-reactive ketones (excluding diaryl/α,β-unsaturated/α-hetero) is 1. The Morgan fingerprint density at radius 2 is 1.72 bits per heavy atom. The molecule has 1 amide bonds. The third-order valence-corrected chi connectivity index (χ3v) is 4.07. The van der Waals surface area contributed by atoms with Crippen molar-refractivity contribution in [2.75, 3.05) is 7.11 Å².